The number of likely N-dealkylation sites (tertiary alicyclic amines) is 1. The third kappa shape index (κ3) is 6.21. The van der Waals surface area contributed by atoms with Crippen LogP contribution in [0.3, 0.4) is 0 Å². The smallest absolute Gasteiger partial charge is 0.337 e. The van der Waals surface area contributed by atoms with E-state index in [1.165, 1.54) is 35.0 Å². The third-order valence-electron chi connectivity index (χ3n) is 6.45. The Balaban J connectivity index is 1.77. The number of fused-ring (bicyclic) bond motifs is 1. The molecule has 0 bridgehead atoms. The molecular weight excluding hydrogens is 497 g/mol. The van der Waals surface area contributed by atoms with Crippen LogP contribution in [0.1, 0.15) is 46.9 Å². The van der Waals surface area contributed by atoms with Gasteiger partial charge in [0, 0.05) is 43.2 Å². The number of pyridine rings is 1. The van der Waals surface area contributed by atoms with E-state index in [4.69, 9.17) is 0 Å². The number of aromatic nitrogens is 3. The van der Waals surface area contributed by atoms with Crippen molar-refractivity contribution in [2.24, 2.45) is 0 Å². The normalized spacial score (nSPS) is 16.8. The molecule has 1 N–H and O–H groups in total. The van der Waals surface area contributed by atoms with E-state index in [2.05, 4.69) is 15.3 Å². The maximum absolute atomic E-state index is 14.1. The second kappa shape index (κ2) is 11.3. The second-order valence-corrected chi connectivity index (χ2v) is 9.71. The average Bonchev–Trinajstić information content (AvgIpc) is 3.03. The maximum atomic E-state index is 14.1. The number of likely N-dealkylation sites (N-methyl/N-ethyl adjacent to an activating group) is 1. The second-order valence-electron chi connectivity index (χ2n) is 9.71. The number of nitrogens with zero attached hydrogens (tertiary/aromatic N) is 5. The fourth-order valence-corrected chi connectivity index (χ4v) is 4.68. The van der Waals surface area contributed by atoms with Crippen molar-refractivity contribution in [3.63, 3.8) is 0 Å². The first kappa shape index (κ1) is 27.3. The summed E-state index contributed by atoms with van der Waals surface area (Å²) in [5.74, 6) is -0.690. The van der Waals surface area contributed by atoms with Crippen LogP contribution < -0.4 is 5.32 Å². The molecule has 1 atom stereocenters. The van der Waals surface area contributed by atoms with Gasteiger partial charge in [0.1, 0.15) is 0 Å². The topological polar surface area (TPSA) is 83.4 Å². The number of nitrogens with one attached hydrogen (secondary N) is 1. The first-order valence-corrected chi connectivity index (χ1v) is 12.5. The van der Waals surface area contributed by atoms with Crippen LogP contribution in [-0.2, 0) is 11.0 Å². The number of para-hydroxylation sites is 1. The van der Waals surface area contributed by atoms with Crippen LogP contribution in [0.4, 0.5) is 19.1 Å². The van der Waals surface area contributed by atoms with Gasteiger partial charge in [0.25, 0.3) is 5.91 Å². The molecule has 0 spiro atoms. The van der Waals surface area contributed by atoms with Crippen LogP contribution in [-0.4, -0.2) is 69.9 Å². The van der Waals surface area contributed by atoms with E-state index >= 15 is 0 Å². The number of benzene rings is 1. The van der Waals surface area contributed by atoms with E-state index in [-0.39, 0.29) is 29.4 Å². The molecule has 0 saturated carbocycles. The fourth-order valence-electron chi connectivity index (χ4n) is 4.68. The van der Waals surface area contributed by atoms with Crippen molar-refractivity contribution in [1.29, 1.82) is 0 Å². The summed E-state index contributed by atoms with van der Waals surface area (Å²) < 4.78 is 43.8. The average molecular weight is 529 g/mol. The van der Waals surface area contributed by atoms with Crippen LogP contribution in [0.15, 0.2) is 48.7 Å². The number of imidazole rings is 1. The van der Waals surface area contributed by atoms with E-state index in [0.29, 0.717) is 37.2 Å². The lowest BCUT2D eigenvalue weighted by atomic mass is 10.1. The molecule has 2 aromatic heterocycles. The van der Waals surface area contributed by atoms with Crippen molar-refractivity contribution in [3.8, 4) is 0 Å². The molecular formula is C27H31F3N6O2. The molecule has 0 radical (unpaired) electrons. The minimum atomic E-state index is -4.63. The Bertz CT molecular complexity index is 1350. The molecule has 1 aromatic carbocycles. The van der Waals surface area contributed by atoms with Gasteiger partial charge in [-0.25, -0.2) is 4.98 Å². The number of rotatable bonds is 6. The highest BCUT2D eigenvalue weighted by Gasteiger charge is 2.36. The van der Waals surface area contributed by atoms with Crippen molar-refractivity contribution >= 4 is 28.8 Å². The van der Waals surface area contributed by atoms with E-state index in [9.17, 15) is 22.8 Å². The van der Waals surface area contributed by atoms with Gasteiger partial charge < -0.3 is 14.4 Å². The Morgan fingerprint density at radius 1 is 1.21 bits per heavy atom. The molecule has 11 heteroatoms. The first-order valence-electron chi connectivity index (χ1n) is 12.5. The molecule has 1 aliphatic heterocycles. The van der Waals surface area contributed by atoms with Crippen molar-refractivity contribution in [2.45, 2.75) is 38.4 Å². The van der Waals surface area contributed by atoms with E-state index in [0.717, 1.165) is 12.5 Å². The van der Waals surface area contributed by atoms with Gasteiger partial charge in [-0.05, 0) is 64.5 Å². The van der Waals surface area contributed by atoms with Crippen molar-refractivity contribution in [1.82, 2.24) is 24.3 Å². The SMILES string of the molecule is Cc1cc(C(=O)Nc2nc3cccc(C(F)(F)F)c3n2C2CCCCN(C(=O)/C=C/CN(C)C)C2)ccn1. The maximum Gasteiger partial charge on any atom is 0.418 e. The Hall–Kier alpha value is -3.73. The van der Waals surface area contributed by atoms with Crippen LogP contribution in [0.2, 0.25) is 0 Å². The summed E-state index contributed by atoms with van der Waals surface area (Å²) in [7, 11) is 3.78. The van der Waals surface area contributed by atoms with E-state index in [1.54, 1.807) is 24.0 Å². The molecule has 0 aliphatic carbocycles. The summed E-state index contributed by atoms with van der Waals surface area (Å²) in [5.41, 5.74) is 0.120. The highest BCUT2D eigenvalue weighted by Crippen LogP contribution is 2.39. The minimum absolute atomic E-state index is 0.0126. The van der Waals surface area contributed by atoms with Gasteiger partial charge in [-0.15, -0.1) is 0 Å². The zero-order chi connectivity index (χ0) is 27.4. The first-order chi connectivity index (χ1) is 18.0. The highest BCUT2D eigenvalue weighted by molar-refractivity contribution is 6.04. The fraction of sp³-hybridized carbons (Fsp3) is 0.407. The van der Waals surface area contributed by atoms with E-state index < -0.39 is 23.7 Å². The number of alkyl halides is 3. The van der Waals surface area contributed by atoms with Crippen LogP contribution in [0.25, 0.3) is 11.0 Å². The standard InChI is InChI=1S/C27H31F3N6O2/c1-18-16-19(12-13-31-18)25(38)33-26-32-22-10-6-9-21(27(28,29)30)24(22)36(26)20-8-4-5-15-35(17-20)23(37)11-7-14-34(2)3/h6-7,9-13,16,20H,4-5,8,14-15,17H2,1-3H3,(H,32,33,38)/b11-7+. The number of amides is 2. The highest BCUT2D eigenvalue weighted by atomic mass is 19.4. The van der Waals surface area contributed by atoms with Gasteiger partial charge in [-0.3, -0.25) is 19.9 Å². The van der Waals surface area contributed by atoms with Gasteiger partial charge in [-0.1, -0.05) is 12.1 Å². The third-order valence-corrected chi connectivity index (χ3v) is 6.45. The molecule has 38 heavy (non-hydrogen) atoms. The number of aryl methyl sites for hydroxylation is 1. The number of hydrogen-bond acceptors (Lipinski definition) is 5. The molecule has 2 amide bonds. The lowest BCUT2D eigenvalue weighted by Crippen LogP contribution is -2.35. The van der Waals surface area contributed by atoms with E-state index in [1.807, 2.05) is 19.0 Å². The predicted octanol–water partition coefficient (Wildman–Crippen LogP) is 4.68. The predicted molar refractivity (Wildman–Crippen MR) is 139 cm³/mol. The molecule has 8 nitrogen and oxygen atoms in total. The van der Waals surface area contributed by atoms with Crippen LogP contribution in [0.5, 0.6) is 0 Å². The number of hydrogen-bond donors (Lipinski definition) is 1. The molecule has 1 aliphatic rings. The summed E-state index contributed by atoms with van der Waals surface area (Å²) in [6.07, 6.45) is 2.09. The Kier molecular flexibility index (Phi) is 8.15. The molecule has 3 heterocycles. The number of anilines is 1. The van der Waals surface area contributed by atoms with Gasteiger partial charge in [0.2, 0.25) is 11.9 Å². The summed E-state index contributed by atoms with van der Waals surface area (Å²) >= 11 is 0. The number of halogens is 3. The summed E-state index contributed by atoms with van der Waals surface area (Å²) in [5, 5.41) is 2.73. The molecule has 1 unspecified atom stereocenters. The van der Waals surface area contributed by atoms with Gasteiger partial charge >= 0.3 is 6.18 Å². The van der Waals surface area contributed by atoms with Crippen LogP contribution >= 0.6 is 0 Å². The Morgan fingerprint density at radius 3 is 2.71 bits per heavy atom. The Labute approximate surface area is 219 Å². The van der Waals surface area contributed by atoms with Gasteiger partial charge in [0.15, 0.2) is 0 Å². The van der Waals surface area contributed by atoms with Crippen molar-refractivity contribution in [2.75, 3.05) is 39.0 Å². The lowest BCUT2D eigenvalue weighted by Gasteiger charge is -2.27. The largest absolute Gasteiger partial charge is 0.418 e. The minimum Gasteiger partial charge on any atom is -0.337 e. The molecule has 202 valence electrons. The molecule has 1 saturated heterocycles. The Morgan fingerprint density at radius 2 is 2.00 bits per heavy atom. The zero-order valence-corrected chi connectivity index (χ0v) is 21.6. The molecule has 1 fully saturated rings. The number of carbonyl (C=O) groups excluding carboxylic acids is 2. The van der Waals surface area contributed by atoms with Crippen molar-refractivity contribution < 1.29 is 22.8 Å². The summed E-state index contributed by atoms with van der Waals surface area (Å²) in [6.45, 7) is 3.03. The monoisotopic (exact) mass is 528 g/mol. The summed E-state index contributed by atoms with van der Waals surface area (Å²) in [6, 6.07) is 6.42. The van der Waals surface area contributed by atoms with Gasteiger partial charge in [-0.2, -0.15) is 13.2 Å². The number of carbonyl (C=O) groups is 2. The molecule has 3 aromatic rings. The summed E-state index contributed by atoms with van der Waals surface area (Å²) in [4.78, 5) is 38.1. The molecule has 4 rings (SSSR count). The van der Waals surface area contributed by atoms with Crippen LogP contribution in [0, 0.1) is 6.92 Å². The van der Waals surface area contributed by atoms with Gasteiger partial charge in [0.05, 0.1) is 22.6 Å². The van der Waals surface area contributed by atoms with Crippen molar-refractivity contribution in [3.05, 3.63) is 65.5 Å². The lowest BCUT2D eigenvalue weighted by molar-refractivity contribution is -0.136. The quantitative estimate of drug-likeness (QED) is 0.470. The zero-order valence-electron chi connectivity index (χ0n) is 21.6.